The second kappa shape index (κ2) is 4.91. The zero-order valence-corrected chi connectivity index (χ0v) is 10.9. The van der Waals surface area contributed by atoms with Crippen LogP contribution in [0.2, 0.25) is 0 Å². The van der Waals surface area contributed by atoms with E-state index in [9.17, 15) is 4.79 Å². The molecule has 0 aromatic heterocycles. The van der Waals surface area contributed by atoms with Crippen molar-refractivity contribution < 1.29 is 9.53 Å². The Labute approximate surface area is 103 Å². The van der Waals surface area contributed by atoms with Gasteiger partial charge < -0.3 is 4.74 Å². The molecule has 0 saturated heterocycles. The Bertz CT molecular complexity index is 435. The zero-order chi connectivity index (χ0) is 12.4. The third kappa shape index (κ3) is 2.51. The molecule has 0 bridgehead atoms. The predicted octanol–water partition coefficient (Wildman–Crippen LogP) is 3.50. The van der Waals surface area contributed by atoms with Gasteiger partial charge in [-0.15, -0.1) is 0 Å². The fourth-order valence-electron chi connectivity index (χ4n) is 2.32. The van der Waals surface area contributed by atoms with Gasteiger partial charge in [-0.1, -0.05) is 12.1 Å². The lowest BCUT2D eigenvalue weighted by Crippen LogP contribution is -2.30. The summed E-state index contributed by atoms with van der Waals surface area (Å²) >= 11 is 0. The molecule has 1 aliphatic carbocycles. The van der Waals surface area contributed by atoms with Crippen molar-refractivity contribution in [1.82, 2.24) is 0 Å². The van der Waals surface area contributed by atoms with Crippen LogP contribution in [0.1, 0.15) is 42.4 Å². The topological polar surface area (TPSA) is 26.3 Å². The first-order valence-electron chi connectivity index (χ1n) is 6.36. The van der Waals surface area contributed by atoms with E-state index >= 15 is 0 Å². The van der Waals surface area contributed by atoms with Gasteiger partial charge in [0, 0.05) is 6.42 Å². The fraction of sp³-hybridized carbons (Fsp3) is 0.533. The van der Waals surface area contributed by atoms with Crippen molar-refractivity contribution in [1.29, 1.82) is 0 Å². The summed E-state index contributed by atoms with van der Waals surface area (Å²) in [6.45, 7) is 6.17. The van der Waals surface area contributed by atoms with Crippen LogP contribution in [0.4, 0.5) is 0 Å². The first-order valence-corrected chi connectivity index (χ1v) is 6.36. The molecular weight excluding hydrogens is 212 g/mol. The van der Waals surface area contributed by atoms with Crippen molar-refractivity contribution in [3.05, 3.63) is 28.8 Å². The minimum Gasteiger partial charge on any atom is -0.482 e. The van der Waals surface area contributed by atoms with Crippen LogP contribution < -0.4 is 4.74 Å². The average Bonchev–Trinajstić information content (AvgIpc) is 2.32. The lowest BCUT2D eigenvalue weighted by Gasteiger charge is -2.24. The highest BCUT2D eigenvalue weighted by Gasteiger charge is 2.24. The fourth-order valence-corrected chi connectivity index (χ4v) is 2.32. The van der Waals surface area contributed by atoms with E-state index in [0.717, 1.165) is 36.1 Å². The van der Waals surface area contributed by atoms with E-state index in [1.165, 1.54) is 5.56 Å². The van der Waals surface area contributed by atoms with E-state index in [2.05, 4.69) is 26.0 Å². The predicted molar refractivity (Wildman–Crippen MR) is 68.5 cm³/mol. The summed E-state index contributed by atoms with van der Waals surface area (Å²) in [5.74, 6) is 1.17. The number of ether oxygens (including phenoxy) is 1. The van der Waals surface area contributed by atoms with E-state index in [-0.39, 0.29) is 11.9 Å². The smallest absolute Gasteiger partial charge is 0.173 e. The zero-order valence-electron chi connectivity index (χ0n) is 10.9. The van der Waals surface area contributed by atoms with E-state index in [4.69, 9.17) is 4.74 Å². The third-order valence-corrected chi connectivity index (χ3v) is 3.63. The number of hydrogen-bond acceptors (Lipinski definition) is 2. The van der Waals surface area contributed by atoms with Crippen LogP contribution in [0.25, 0.3) is 0 Å². The lowest BCUT2D eigenvalue weighted by molar-refractivity contribution is -0.127. The molecule has 1 unspecified atom stereocenters. The Hall–Kier alpha value is -1.31. The molecule has 1 fully saturated rings. The number of benzene rings is 1. The van der Waals surface area contributed by atoms with E-state index in [0.29, 0.717) is 6.42 Å². The quantitative estimate of drug-likeness (QED) is 0.780. The standard InChI is InChI=1S/C15H20O2/c1-10-8-9-11(2)15(12(10)3)17-14-7-5-4-6-13(14)16/h8-9,14H,4-7H2,1-3H3. The van der Waals surface area contributed by atoms with Gasteiger partial charge in [0.1, 0.15) is 5.75 Å². The molecule has 1 aromatic carbocycles. The highest BCUT2D eigenvalue weighted by atomic mass is 16.5. The number of ketones is 1. The van der Waals surface area contributed by atoms with Gasteiger partial charge >= 0.3 is 0 Å². The summed E-state index contributed by atoms with van der Waals surface area (Å²) in [7, 11) is 0. The Morgan fingerprint density at radius 1 is 1.12 bits per heavy atom. The van der Waals surface area contributed by atoms with Crippen LogP contribution in [0, 0.1) is 20.8 Å². The van der Waals surface area contributed by atoms with Crippen LogP contribution in [0.15, 0.2) is 12.1 Å². The van der Waals surface area contributed by atoms with Crippen molar-refractivity contribution in [2.24, 2.45) is 0 Å². The van der Waals surface area contributed by atoms with E-state index in [1.54, 1.807) is 0 Å². The van der Waals surface area contributed by atoms with Gasteiger partial charge in [-0.2, -0.15) is 0 Å². The minimum absolute atomic E-state index is 0.219. The molecule has 2 nitrogen and oxygen atoms in total. The van der Waals surface area contributed by atoms with Crippen LogP contribution in [-0.2, 0) is 4.79 Å². The van der Waals surface area contributed by atoms with Gasteiger partial charge in [-0.3, -0.25) is 4.79 Å². The SMILES string of the molecule is Cc1ccc(C)c(OC2CCCCC2=O)c1C. The van der Waals surface area contributed by atoms with Gasteiger partial charge in [0.15, 0.2) is 11.9 Å². The first-order chi connectivity index (χ1) is 8.09. The molecule has 1 saturated carbocycles. The number of carbonyl (C=O) groups is 1. The number of hydrogen-bond donors (Lipinski definition) is 0. The monoisotopic (exact) mass is 232 g/mol. The molecule has 0 N–H and O–H groups in total. The summed E-state index contributed by atoms with van der Waals surface area (Å²) in [6, 6.07) is 4.16. The van der Waals surface area contributed by atoms with Crippen molar-refractivity contribution in [2.75, 3.05) is 0 Å². The van der Waals surface area contributed by atoms with Gasteiger partial charge in [-0.05, 0) is 56.7 Å². The Balaban J connectivity index is 2.23. The molecule has 0 spiro atoms. The minimum atomic E-state index is -0.219. The normalized spacial score (nSPS) is 20.4. The van der Waals surface area contributed by atoms with Gasteiger partial charge in [0.25, 0.3) is 0 Å². The molecule has 0 radical (unpaired) electrons. The lowest BCUT2D eigenvalue weighted by atomic mass is 9.96. The second-order valence-electron chi connectivity index (χ2n) is 4.97. The van der Waals surface area contributed by atoms with Crippen LogP contribution >= 0.6 is 0 Å². The molecule has 0 aliphatic heterocycles. The second-order valence-corrected chi connectivity index (χ2v) is 4.97. The van der Waals surface area contributed by atoms with Crippen molar-refractivity contribution in [2.45, 2.75) is 52.6 Å². The number of carbonyl (C=O) groups excluding carboxylic acids is 1. The van der Waals surface area contributed by atoms with Crippen molar-refractivity contribution in [3.63, 3.8) is 0 Å². The molecule has 17 heavy (non-hydrogen) atoms. The molecule has 2 rings (SSSR count). The summed E-state index contributed by atoms with van der Waals surface area (Å²) in [5, 5.41) is 0. The summed E-state index contributed by atoms with van der Waals surface area (Å²) in [5.41, 5.74) is 3.49. The number of rotatable bonds is 2. The van der Waals surface area contributed by atoms with E-state index < -0.39 is 0 Å². The first kappa shape index (κ1) is 12.2. The molecule has 1 atom stereocenters. The average molecular weight is 232 g/mol. The molecule has 0 amide bonds. The molecule has 92 valence electrons. The Kier molecular flexibility index (Phi) is 3.51. The van der Waals surface area contributed by atoms with Crippen LogP contribution in [0.5, 0.6) is 5.75 Å². The molecule has 1 aromatic rings. The molecule has 2 heteroatoms. The molecular formula is C15H20O2. The summed E-state index contributed by atoms with van der Waals surface area (Å²) < 4.78 is 5.96. The Morgan fingerprint density at radius 3 is 2.53 bits per heavy atom. The summed E-state index contributed by atoms with van der Waals surface area (Å²) in [4.78, 5) is 11.8. The number of aryl methyl sites for hydroxylation is 2. The highest BCUT2D eigenvalue weighted by molar-refractivity contribution is 5.84. The van der Waals surface area contributed by atoms with Gasteiger partial charge in [0.2, 0.25) is 0 Å². The maximum Gasteiger partial charge on any atom is 0.173 e. The third-order valence-electron chi connectivity index (χ3n) is 3.63. The maximum atomic E-state index is 11.8. The largest absolute Gasteiger partial charge is 0.482 e. The number of Topliss-reactive ketones (excluding diaryl/α,β-unsaturated/α-hetero) is 1. The highest BCUT2D eigenvalue weighted by Crippen LogP contribution is 2.29. The van der Waals surface area contributed by atoms with Gasteiger partial charge in [0.05, 0.1) is 0 Å². The van der Waals surface area contributed by atoms with Crippen molar-refractivity contribution in [3.8, 4) is 5.75 Å². The van der Waals surface area contributed by atoms with E-state index in [1.807, 2.05) is 6.92 Å². The maximum absolute atomic E-state index is 11.8. The van der Waals surface area contributed by atoms with Crippen LogP contribution in [-0.4, -0.2) is 11.9 Å². The molecule has 0 heterocycles. The Morgan fingerprint density at radius 2 is 1.82 bits per heavy atom. The van der Waals surface area contributed by atoms with Crippen molar-refractivity contribution >= 4 is 5.78 Å². The summed E-state index contributed by atoms with van der Waals surface area (Å²) in [6.07, 6.45) is 3.44. The molecule has 1 aliphatic rings. The van der Waals surface area contributed by atoms with Crippen LogP contribution in [0.3, 0.4) is 0 Å². The van der Waals surface area contributed by atoms with Gasteiger partial charge in [-0.25, -0.2) is 0 Å².